The van der Waals surface area contributed by atoms with E-state index in [0.29, 0.717) is 28.8 Å². The number of aromatic nitrogens is 4. The Hall–Kier alpha value is -4.01. The number of nitrogens with one attached hydrogen (secondary N) is 2. The van der Waals surface area contributed by atoms with Crippen LogP contribution in [0.1, 0.15) is 28.9 Å². The first-order valence-electron chi connectivity index (χ1n) is 8.96. The van der Waals surface area contributed by atoms with Gasteiger partial charge in [-0.1, -0.05) is 19.1 Å². The number of aromatic amines is 1. The second-order valence-electron chi connectivity index (χ2n) is 6.42. The zero-order valence-corrected chi connectivity index (χ0v) is 15.7. The molecule has 3 heterocycles. The molecule has 29 heavy (non-hydrogen) atoms. The summed E-state index contributed by atoms with van der Waals surface area (Å²) in [7, 11) is 0. The van der Waals surface area contributed by atoms with Crippen molar-refractivity contribution in [2.75, 3.05) is 5.32 Å². The molecule has 0 spiro atoms. The number of fused-ring (bicyclic) bond motifs is 1. The molecular formula is C20H17N5O4. The van der Waals surface area contributed by atoms with Crippen molar-refractivity contribution in [1.29, 1.82) is 0 Å². The zero-order valence-electron chi connectivity index (χ0n) is 15.7. The van der Waals surface area contributed by atoms with Crippen LogP contribution in [0.4, 0.5) is 5.82 Å². The highest BCUT2D eigenvalue weighted by atomic mass is 16.3. The van der Waals surface area contributed by atoms with Crippen LogP contribution in [0.2, 0.25) is 0 Å². The number of carbonyl (C=O) groups excluding carboxylic acids is 1. The van der Waals surface area contributed by atoms with Crippen LogP contribution in [-0.2, 0) is 6.42 Å². The van der Waals surface area contributed by atoms with E-state index in [1.54, 1.807) is 37.3 Å². The number of benzene rings is 1. The molecule has 3 aromatic heterocycles. The predicted octanol–water partition coefficient (Wildman–Crippen LogP) is 2.19. The molecule has 1 amide bonds. The predicted molar refractivity (Wildman–Crippen MR) is 107 cm³/mol. The van der Waals surface area contributed by atoms with Gasteiger partial charge in [0.25, 0.3) is 11.5 Å². The fourth-order valence-corrected chi connectivity index (χ4v) is 2.92. The molecule has 0 unspecified atom stereocenters. The minimum atomic E-state index is -0.622. The summed E-state index contributed by atoms with van der Waals surface area (Å²) in [6.07, 6.45) is 0.571. The minimum Gasteiger partial charge on any atom is -0.451 e. The van der Waals surface area contributed by atoms with Gasteiger partial charge in [0, 0.05) is 23.9 Å². The lowest BCUT2D eigenvalue weighted by atomic mass is 10.2. The molecule has 4 rings (SSSR count). The third kappa shape index (κ3) is 3.57. The van der Waals surface area contributed by atoms with Gasteiger partial charge in [-0.05, 0) is 25.5 Å². The van der Waals surface area contributed by atoms with Gasteiger partial charge in [-0.25, -0.2) is 4.98 Å². The molecule has 2 N–H and O–H groups in total. The minimum absolute atomic E-state index is 0.136. The van der Waals surface area contributed by atoms with E-state index in [4.69, 9.17) is 4.42 Å². The van der Waals surface area contributed by atoms with Gasteiger partial charge < -0.3 is 9.73 Å². The van der Waals surface area contributed by atoms with Gasteiger partial charge in [0.2, 0.25) is 5.95 Å². The number of para-hydroxylation sites is 1. The van der Waals surface area contributed by atoms with Gasteiger partial charge in [-0.2, -0.15) is 9.78 Å². The topological polar surface area (TPSA) is 123 Å². The van der Waals surface area contributed by atoms with Gasteiger partial charge in [-0.3, -0.25) is 19.4 Å². The van der Waals surface area contributed by atoms with Crippen molar-refractivity contribution < 1.29 is 9.21 Å². The third-order valence-corrected chi connectivity index (χ3v) is 4.28. The highest BCUT2D eigenvalue weighted by Crippen LogP contribution is 2.17. The molecule has 9 nitrogen and oxygen atoms in total. The summed E-state index contributed by atoms with van der Waals surface area (Å²) in [6.45, 7) is 3.62. The molecule has 9 heteroatoms. The van der Waals surface area contributed by atoms with Crippen LogP contribution in [0, 0.1) is 6.92 Å². The smallest absolute Gasteiger partial charge is 0.292 e. The van der Waals surface area contributed by atoms with E-state index in [9.17, 15) is 14.4 Å². The Bertz CT molecular complexity index is 1350. The third-order valence-electron chi connectivity index (χ3n) is 4.28. The van der Waals surface area contributed by atoms with Crippen molar-refractivity contribution in [1.82, 2.24) is 19.7 Å². The summed E-state index contributed by atoms with van der Waals surface area (Å²) in [5, 5.41) is 7.34. The van der Waals surface area contributed by atoms with E-state index < -0.39 is 5.91 Å². The summed E-state index contributed by atoms with van der Waals surface area (Å²) in [5.74, 6) is -0.303. The monoisotopic (exact) mass is 391 g/mol. The number of carbonyl (C=O) groups is 1. The van der Waals surface area contributed by atoms with Crippen LogP contribution in [-0.4, -0.2) is 25.7 Å². The molecule has 0 radical (unpaired) electrons. The Morgan fingerprint density at radius 1 is 1.21 bits per heavy atom. The number of amides is 1. The van der Waals surface area contributed by atoms with Crippen molar-refractivity contribution in [2.45, 2.75) is 20.3 Å². The maximum absolute atomic E-state index is 12.7. The van der Waals surface area contributed by atoms with E-state index >= 15 is 0 Å². The Kier molecular flexibility index (Phi) is 4.55. The molecule has 0 aliphatic rings. The molecule has 0 saturated carbocycles. The van der Waals surface area contributed by atoms with Gasteiger partial charge in [0.05, 0.1) is 11.1 Å². The average molecular weight is 391 g/mol. The number of hydrogen-bond acceptors (Lipinski definition) is 6. The standard InChI is InChI=1S/C20H17N5O4/c1-3-12-9-18(27)23-20(21-12)25-17(8-11(2)24-25)22-19(28)16-10-14(26)13-6-4-5-7-15(13)29-16/h4-10H,3H2,1-2H3,(H,22,28)(H,21,23,27). The maximum Gasteiger partial charge on any atom is 0.292 e. The molecule has 0 atom stereocenters. The molecule has 1 aromatic carbocycles. The summed E-state index contributed by atoms with van der Waals surface area (Å²) in [5.41, 5.74) is 0.872. The average Bonchev–Trinajstić information content (AvgIpc) is 3.07. The zero-order chi connectivity index (χ0) is 20.5. The van der Waals surface area contributed by atoms with E-state index in [-0.39, 0.29) is 28.5 Å². The highest BCUT2D eigenvalue weighted by molar-refractivity contribution is 6.02. The normalized spacial score (nSPS) is 11.0. The van der Waals surface area contributed by atoms with Crippen LogP contribution in [0.25, 0.3) is 16.9 Å². The van der Waals surface area contributed by atoms with Crippen molar-refractivity contribution in [3.8, 4) is 5.95 Å². The Labute approximate surface area is 164 Å². The van der Waals surface area contributed by atoms with E-state index in [2.05, 4.69) is 20.4 Å². The lowest BCUT2D eigenvalue weighted by Crippen LogP contribution is -2.20. The summed E-state index contributed by atoms with van der Waals surface area (Å²) >= 11 is 0. The molecular weight excluding hydrogens is 374 g/mol. The fourth-order valence-electron chi connectivity index (χ4n) is 2.92. The van der Waals surface area contributed by atoms with Crippen LogP contribution < -0.4 is 16.3 Å². The number of anilines is 1. The van der Waals surface area contributed by atoms with E-state index in [1.807, 2.05) is 6.92 Å². The van der Waals surface area contributed by atoms with Gasteiger partial charge in [-0.15, -0.1) is 0 Å². The van der Waals surface area contributed by atoms with Gasteiger partial charge in [0.15, 0.2) is 11.2 Å². The van der Waals surface area contributed by atoms with Gasteiger partial charge in [0.1, 0.15) is 11.4 Å². The lowest BCUT2D eigenvalue weighted by molar-refractivity contribution is 0.0996. The molecule has 146 valence electrons. The second kappa shape index (κ2) is 7.19. The van der Waals surface area contributed by atoms with Crippen LogP contribution in [0.3, 0.4) is 0 Å². The number of nitrogens with zero attached hydrogens (tertiary/aromatic N) is 3. The Balaban J connectivity index is 1.73. The van der Waals surface area contributed by atoms with Crippen LogP contribution in [0.15, 0.2) is 56.5 Å². The van der Waals surface area contributed by atoms with E-state index in [1.165, 1.54) is 10.7 Å². The first-order chi connectivity index (χ1) is 13.9. The molecule has 0 aliphatic carbocycles. The molecule has 0 bridgehead atoms. The number of hydrogen-bond donors (Lipinski definition) is 2. The summed E-state index contributed by atoms with van der Waals surface area (Å²) in [4.78, 5) is 43.8. The Morgan fingerprint density at radius 3 is 2.79 bits per heavy atom. The molecule has 0 aliphatic heterocycles. The van der Waals surface area contributed by atoms with Crippen molar-refractivity contribution in [3.63, 3.8) is 0 Å². The molecule has 4 aromatic rings. The quantitative estimate of drug-likeness (QED) is 0.550. The van der Waals surface area contributed by atoms with Crippen molar-refractivity contribution >= 4 is 22.7 Å². The number of aryl methyl sites for hydroxylation is 2. The lowest BCUT2D eigenvalue weighted by Gasteiger charge is -2.08. The largest absolute Gasteiger partial charge is 0.451 e. The highest BCUT2D eigenvalue weighted by Gasteiger charge is 2.17. The van der Waals surface area contributed by atoms with Crippen molar-refractivity contribution in [2.24, 2.45) is 0 Å². The van der Waals surface area contributed by atoms with Crippen molar-refractivity contribution in [3.05, 3.63) is 80.2 Å². The first-order valence-corrected chi connectivity index (χ1v) is 8.96. The number of rotatable bonds is 4. The van der Waals surface area contributed by atoms with Gasteiger partial charge >= 0.3 is 0 Å². The van der Waals surface area contributed by atoms with Crippen LogP contribution >= 0.6 is 0 Å². The fraction of sp³-hybridized carbons (Fsp3) is 0.150. The summed E-state index contributed by atoms with van der Waals surface area (Å²) < 4.78 is 6.90. The molecule has 0 saturated heterocycles. The van der Waals surface area contributed by atoms with E-state index in [0.717, 1.165) is 6.07 Å². The number of H-pyrrole nitrogens is 1. The SMILES string of the molecule is CCc1cc(=O)[nH]c(-n2nc(C)cc2NC(=O)c2cc(=O)c3ccccc3o2)n1. The second-order valence-corrected chi connectivity index (χ2v) is 6.42. The molecule has 0 fully saturated rings. The maximum atomic E-state index is 12.7. The Morgan fingerprint density at radius 2 is 2.00 bits per heavy atom. The van der Waals surface area contributed by atoms with Crippen LogP contribution in [0.5, 0.6) is 0 Å². The first kappa shape index (κ1) is 18.4. The summed E-state index contributed by atoms with van der Waals surface area (Å²) in [6, 6.07) is 10.9.